The Balaban J connectivity index is 1.19. The number of imidazole rings is 1. The molecule has 11 aromatic rings. The van der Waals surface area contributed by atoms with Crippen LogP contribution in [0.15, 0.2) is 206 Å². The summed E-state index contributed by atoms with van der Waals surface area (Å²) < 4.78 is 2.30. The maximum absolute atomic E-state index is 5.42. The van der Waals surface area contributed by atoms with Gasteiger partial charge in [-0.1, -0.05) is 158 Å². The van der Waals surface area contributed by atoms with E-state index in [4.69, 9.17) is 19.9 Å². The van der Waals surface area contributed by atoms with Gasteiger partial charge in [0.25, 0.3) is 0 Å². The van der Waals surface area contributed by atoms with Gasteiger partial charge < -0.3 is 0 Å². The third kappa shape index (κ3) is 5.50. The van der Waals surface area contributed by atoms with E-state index in [1.165, 1.54) is 21.5 Å². The Bertz CT molecular complexity index is 3390. The molecule has 9 aromatic carbocycles. The molecule has 12 rings (SSSR count). The highest BCUT2D eigenvalue weighted by atomic mass is 15.3. The van der Waals surface area contributed by atoms with Gasteiger partial charge in [-0.05, 0) is 81.2 Å². The summed E-state index contributed by atoms with van der Waals surface area (Å²) in [5.41, 5.74) is 12.1. The van der Waals surface area contributed by atoms with E-state index in [9.17, 15) is 0 Å². The molecule has 3 heterocycles. The van der Waals surface area contributed by atoms with Crippen LogP contribution < -0.4 is 4.90 Å². The first-order chi connectivity index (χ1) is 29.7. The second-order valence-corrected chi connectivity index (χ2v) is 15.1. The number of anilines is 3. The normalized spacial score (nSPS) is 12.0. The van der Waals surface area contributed by atoms with Crippen molar-refractivity contribution in [2.75, 3.05) is 4.90 Å². The van der Waals surface area contributed by atoms with Gasteiger partial charge in [-0.25, -0.2) is 19.9 Å². The molecule has 2 aromatic heterocycles. The molecule has 0 atom stereocenters. The van der Waals surface area contributed by atoms with Gasteiger partial charge >= 0.3 is 0 Å². The number of hydrogen-bond donors (Lipinski definition) is 0. The van der Waals surface area contributed by atoms with E-state index in [1.807, 2.05) is 60.7 Å². The highest BCUT2D eigenvalue weighted by Gasteiger charge is 2.30. The summed E-state index contributed by atoms with van der Waals surface area (Å²) in [5.74, 6) is 2.60. The van der Waals surface area contributed by atoms with Crippen LogP contribution in [0.25, 0.3) is 94.7 Å². The lowest BCUT2D eigenvalue weighted by Crippen LogP contribution is -2.14. The Kier molecular flexibility index (Phi) is 7.74. The zero-order chi connectivity index (χ0) is 39.6. The van der Waals surface area contributed by atoms with Crippen molar-refractivity contribution in [3.8, 4) is 62.1 Å². The van der Waals surface area contributed by atoms with E-state index >= 15 is 0 Å². The Hall–Kier alpha value is -8.22. The monoisotopic (exact) mass is 766 g/mol. The number of para-hydroxylation sites is 4. The molecule has 0 N–H and O–H groups in total. The molecule has 0 spiro atoms. The molecule has 0 unspecified atom stereocenters. The maximum atomic E-state index is 5.42. The van der Waals surface area contributed by atoms with Crippen molar-refractivity contribution >= 4 is 49.9 Å². The maximum Gasteiger partial charge on any atom is 0.220 e. The number of benzene rings is 9. The first-order valence-corrected chi connectivity index (χ1v) is 20.1. The average molecular weight is 767 g/mol. The molecule has 1 aliphatic rings. The molecule has 0 amide bonds. The predicted octanol–water partition coefficient (Wildman–Crippen LogP) is 13.6. The molecule has 6 heteroatoms. The van der Waals surface area contributed by atoms with Crippen LogP contribution in [0.3, 0.4) is 0 Å². The van der Waals surface area contributed by atoms with Gasteiger partial charge in [0.05, 0.1) is 28.1 Å². The van der Waals surface area contributed by atoms with E-state index < -0.39 is 0 Å². The van der Waals surface area contributed by atoms with Crippen molar-refractivity contribution in [3.63, 3.8) is 0 Å². The standard InChI is InChI=1S/C54H34N6/c1-3-17-35(18-4-1)51-56-52(36-19-5-2-6-20-36)58-53(57-51)39-31-38(46-34-37-21-7-8-22-41(37)42-23-9-10-24-43(42)46)32-40(33-39)59-48-28-14-11-25-44(48)45-26-12-15-29-49(45)60-50-30-16-13-27-47(50)55-54(59)60/h1-34H. The van der Waals surface area contributed by atoms with Gasteiger partial charge in [-0.3, -0.25) is 9.47 Å². The minimum Gasteiger partial charge on any atom is -0.280 e. The van der Waals surface area contributed by atoms with Crippen molar-refractivity contribution in [1.82, 2.24) is 24.5 Å². The fourth-order valence-electron chi connectivity index (χ4n) is 8.81. The average Bonchev–Trinajstić information content (AvgIpc) is 3.65. The minimum atomic E-state index is 0.579. The molecular weight excluding hydrogens is 733 g/mol. The second kappa shape index (κ2) is 13.7. The Morgan fingerprint density at radius 1 is 0.333 bits per heavy atom. The van der Waals surface area contributed by atoms with Crippen LogP contribution in [0, 0.1) is 0 Å². The zero-order valence-corrected chi connectivity index (χ0v) is 32.3. The highest BCUT2D eigenvalue weighted by Crippen LogP contribution is 2.49. The van der Waals surface area contributed by atoms with Crippen molar-refractivity contribution in [3.05, 3.63) is 206 Å². The predicted molar refractivity (Wildman–Crippen MR) is 245 cm³/mol. The third-order valence-electron chi connectivity index (χ3n) is 11.5. The highest BCUT2D eigenvalue weighted by molar-refractivity contribution is 6.14. The minimum absolute atomic E-state index is 0.579. The van der Waals surface area contributed by atoms with Gasteiger partial charge in [-0.15, -0.1) is 0 Å². The zero-order valence-electron chi connectivity index (χ0n) is 32.3. The van der Waals surface area contributed by atoms with Gasteiger partial charge in [-0.2, -0.15) is 0 Å². The molecular formula is C54H34N6. The summed E-state index contributed by atoms with van der Waals surface area (Å²) in [7, 11) is 0. The Morgan fingerprint density at radius 3 is 1.60 bits per heavy atom. The van der Waals surface area contributed by atoms with Crippen LogP contribution in [-0.4, -0.2) is 24.5 Å². The molecule has 0 saturated carbocycles. The van der Waals surface area contributed by atoms with Gasteiger partial charge in [0.2, 0.25) is 5.95 Å². The summed E-state index contributed by atoms with van der Waals surface area (Å²) in [6.45, 7) is 0. The molecule has 0 fully saturated rings. The van der Waals surface area contributed by atoms with Crippen LogP contribution in [-0.2, 0) is 0 Å². The van der Waals surface area contributed by atoms with Crippen molar-refractivity contribution in [1.29, 1.82) is 0 Å². The second-order valence-electron chi connectivity index (χ2n) is 15.1. The SMILES string of the molecule is c1ccc(-c2nc(-c3ccccc3)nc(-c3cc(-c4cc5ccccc5c5ccccc45)cc(N4c5ccccc5-c5ccccc5-n5c4nc4ccccc45)c3)n2)cc1. The van der Waals surface area contributed by atoms with E-state index in [1.54, 1.807) is 0 Å². The lowest BCUT2D eigenvalue weighted by molar-refractivity contribution is 1.05. The first kappa shape index (κ1) is 33.9. The lowest BCUT2D eigenvalue weighted by Gasteiger charge is -2.26. The van der Waals surface area contributed by atoms with Crippen molar-refractivity contribution < 1.29 is 0 Å². The topological polar surface area (TPSA) is 59.7 Å². The lowest BCUT2D eigenvalue weighted by atomic mass is 9.92. The number of aromatic nitrogens is 5. The largest absolute Gasteiger partial charge is 0.280 e. The Morgan fingerprint density at radius 2 is 0.867 bits per heavy atom. The van der Waals surface area contributed by atoms with Crippen LogP contribution in [0.1, 0.15) is 0 Å². The molecule has 0 radical (unpaired) electrons. The van der Waals surface area contributed by atoms with Gasteiger partial charge in [0.1, 0.15) is 0 Å². The number of nitrogens with zero attached hydrogens (tertiary/aromatic N) is 6. The third-order valence-corrected chi connectivity index (χ3v) is 11.5. The Labute approximate surface area is 346 Å². The van der Waals surface area contributed by atoms with Gasteiger partial charge in [0, 0.05) is 27.8 Å². The van der Waals surface area contributed by atoms with E-state index in [0.29, 0.717) is 17.5 Å². The summed E-state index contributed by atoms with van der Waals surface area (Å²) in [5, 5.41) is 4.76. The molecule has 6 nitrogen and oxygen atoms in total. The van der Waals surface area contributed by atoms with E-state index in [-0.39, 0.29) is 0 Å². The van der Waals surface area contributed by atoms with Crippen molar-refractivity contribution in [2.24, 2.45) is 0 Å². The van der Waals surface area contributed by atoms with Crippen molar-refractivity contribution in [2.45, 2.75) is 0 Å². The number of fused-ring (bicyclic) bond motifs is 10. The summed E-state index contributed by atoms with van der Waals surface area (Å²) >= 11 is 0. The van der Waals surface area contributed by atoms with E-state index in [2.05, 4.69) is 155 Å². The molecule has 1 aliphatic heterocycles. The number of hydrogen-bond acceptors (Lipinski definition) is 5. The quantitative estimate of drug-likeness (QED) is 0.163. The van der Waals surface area contributed by atoms with Crippen LogP contribution >= 0.6 is 0 Å². The fourth-order valence-corrected chi connectivity index (χ4v) is 8.81. The molecule has 0 bridgehead atoms. The van der Waals surface area contributed by atoms with E-state index in [0.717, 1.165) is 73.0 Å². The summed E-state index contributed by atoms with van der Waals surface area (Å²) in [6, 6.07) is 72.3. The summed E-state index contributed by atoms with van der Waals surface area (Å²) in [6.07, 6.45) is 0. The van der Waals surface area contributed by atoms with Crippen LogP contribution in [0.5, 0.6) is 0 Å². The van der Waals surface area contributed by atoms with Crippen LogP contribution in [0.4, 0.5) is 17.3 Å². The molecule has 0 saturated heterocycles. The first-order valence-electron chi connectivity index (χ1n) is 20.1. The van der Waals surface area contributed by atoms with Gasteiger partial charge in [0.15, 0.2) is 17.5 Å². The molecule has 0 aliphatic carbocycles. The molecule has 280 valence electrons. The smallest absolute Gasteiger partial charge is 0.220 e. The fraction of sp³-hybridized carbons (Fsp3) is 0. The molecule has 60 heavy (non-hydrogen) atoms. The number of rotatable bonds is 5. The summed E-state index contributed by atoms with van der Waals surface area (Å²) in [4.78, 5) is 23.3. The van der Waals surface area contributed by atoms with Crippen LogP contribution in [0.2, 0.25) is 0 Å².